The van der Waals surface area contributed by atoms with Gasteiger partial charge in [-0.1, -0.05) is 24.3 Å². The molecule has 0 aromatic carbocycles. The predicted molar refractivity (Wildman–Crippen MR) is 74.8 cm³/mol. The summed E-state index contributed by atoms with van der Waals surface area (Å²) in [6.07, 6.45) is 2.53. The van der Waals surface area contributed by atoms with Crippen molar-refractivity contribution in [2.24, 2.45) is 0 Å². The molecule has 0 saturated carbocycles. The van der Waals surface area contributed by atoms with Crippen LogP contribution in [0.25, 0.3) is 11.4 Å². The monoisotopic (exact) mass is 311 g/mol. The number of aromatic nitrogens is 3. The third kappa shape index (κ3) is 3.35. The number of hydrogen-bond donors (Lipinski definition) is 0. The van der Waals surface area contributed by atoms with Gasteiger partial charge in [-0.15, -0.1) is 5.69 Å². The molecule has 0 fully saturated rings. The van der Waals surface area contributed by atoms with Crippen molar-refractivity contribution in [2.45, 2.75) is 13.3 Å². The number of hydrogen-bond acceptors (Lipinski definition) is 2. The number of aryl methyl sites for hydroxylation is 1. The van der Waals surface area contributed by atoms with Crippen LogP contribution < -0.4 is 4.98 Å². The average Bonchev–Trinajstić information content (AvgIpc) is 2.93. The summed E-state index contributed by atoms with van der Waals surface area (Å²) in [5.41, 5.74) is 4.92. The first-order valence-electron chi connectivity index (χ1n) is 6.28. The van der Waals surface area contributed by atoms with Crippen molar-refractivity contribution >= 4 is 0 Å². The summed E-state index contributed by atoms with van der Waals surface area (Å²) in [4.78, 5) is 13.4. The van der Waals surface area contributed by atoms with Gasteiger partial charge in [0.05, 0.1) is 0 Å². The van der Waals surface area contributed by atoms with Crippen molar-refractivity contribution in [3.8, 4) is 11.4 Å². The maximum atomic E-state index is 4.64. The summed E-state index contributed by atoms with van der Waals surface area (Å²) < 4.78 is 0. The molecular weight excluding hydrogens is 298 g/mol. The summed E-state index contributed by atoms with van der Waals surface area (Å²) in [6, 6.07) is 16.0. The van der Waals surface area contributed by atoms with E-state index in [0.29, 0.717) is 0 Å². The second kappa shape index (κ2) is 6.51. The smallest absolute Gasteiger partial charge is 0.662 e. The second-order valence-electron chi connectivity index (χ2n) is 4.48. The van der Waals surface area contributed by atoms with Gasteiger partial charge in [-0.05, 0) is 31.2 Å². The molecule has 0 unspecified atom stereocenters. The first kappa shape index (κ1) is 14.5. The number of pyridine rings is 2. The molecule has 0 amide bonds. The van der Waals surface area contributed by atoms with Crippen molar-refractivity contribution in [3.63, 3.8) is 0 Å². The molecule has 0 N–H and O–H groups in total. The van der Waals surface area contributed by atoms with Crippen LogP contribution in [0.4, 0.5) is 0 Å². The van der Waals surface area contributed by atoms with E-state index in [1.165, 1.54) is 0 Å². The van der Waals surface area contributed by atoms with Crippen LogP contribution in [0.1, 0.15) is 17.1 Å². The normalized spacial score (nSPS) is 10.1. The first-order valence-corrected chi connectivity index (χ1v) is 6.28. The van der Waals surface area contributed by atoms with E-state index >= 15 is 0 Å². The maximum absolute atomic E-state index is 4.64. The van der Waals surface area contributed by atoms with Crippen molar-refractivity contribution in [3.05, 3.63) is 71.8 Å². The van der Waals surface area contributed by atoms with Crippen LogP contribution in [0.2, 0.25) is 0 Å². The maximum Gasteiger partial charge on any atom is 1.00 e. The van der Waals surface area contributed by atoms with Gasteiger partial charge in [-0.2, -0.15) is 6.20 Å². The molecule has 3 aromatic rings. The summed E-state index contributed by atoms with van der Waals surface area (Å²) in [5.74, 6) is 0. The molecule has 0 aliphatic carbocycles. The summed E-state index contributed by atoms with van der Waals surface area (Å²) in [6.45, 7) is 2.00. The SMILES string of the molecule is Cc1cccc(Cc2cccc(-c3ccc[n-]3)n2)n1.[Cu+]. The standard InChI is InChI=1S/C16H14N3.Cu/c1-12-5-2-6-13(18-12)11-14-7-3-8-16(19-14)15-9-4-10-17-15;/h2-10H,11H2,1H3;/q-1;+1. The number of nitrogens with zero attached hydrogens (tertiary/aromatic N) is 3. The molecule has 104 valence electrons. The Bertz CT molecular complexity index is 678. The van der Waals surface area contributed by atoms with Gasteiger partial charge < -0.3 is 4.98 Å². The quantitative estimate of drug-likeness (QED) is 0.698. The molecule has 3 nitrogen and oxygen atoms in total. The molecule has 0 bridgehead atoms. The Labute approximate surface area is 129 Å². The Morgan fingerprint density at radius 2 is 1.65 bits per heavy atom. The molecule has 20 heavy (non-hydrogen) atoms. The first-order chi connectivity index (χ1) is 9.31. The Morgan fingerprint density at radius 3 is 2.35 bits per heavy atom. The molecule has 3 aromatic heterocycles. The molecule has 0 saturated heterocycles. The molecule has 0 aliphatic heterocycles. The van der Waals surface area contributed by atoms with Crippen molar-refractivity contribution < 1.29 is 17.1 Å². The minimum Gasteiger partial charge on any atom is -0.662 e. The molecule has 3 rings (SSSR count). The van der Waals surface area contributed by atoms with Crippen LogP contribution in [-0.2, 0) is 23.5 Å². The zero-order valence-electron chi connectivity index (χ0n) is 11.0. The predicted octanol–water partition coefficient (Wildman–Crippen LogP) is 3.00. The zero-order valence-corrected chi connectivity index (χ0v) is 12.0. The largest absolute Gasteiger partial charge is 1.00 e. The minimum absolute atomic E-state index is 0. The van der Waals surface area contributed by atoms with Gasteiger partial charge in [0.15, 0.2) is 0 Å². The molecule has 0 aliphatic rings. The van der Waals surface area contributed by atoms with Gasteiger partial charge in [0, 0.05) is 29.2 Å². The molecule has 0 spiro atoms. The van der Waals surface area contributed by atoms with E-state index in [-0.39, 0.29) is 17.1 Å². The summed E-state index contributed by atoms with van der Waals surface area (Å²) >= 11 is 0. The van der Waals surface area contributed by atoms with Gasteiger partial charge in [-0.25, -0.2) is 0 Å². The van der Waals surface area contributed by atoms with Crippen molar-refractivity contribution in [2.75, 3.05) is 0 Å². The van der Waals surface area contributed by atoms with Crippen molar-refractivity contribution in [1.29, 1.82) is 0 Å². The fraction of sp³-hybridized carbons (Fsp3) is 0.125. The molecular formula is C16H14CuN3. The van der Waals surface area contributed by atoms with Gasteiger partial charge >= 0.3 is 17.1 Å². The zero-order chi connectivity index (χ0) is 13.1. The Balaban J connectivity index is 0.00000147. The van der Waals surface area contributed by atoms with E-state index in [2.05, 4.69) is 15.0 Å². The van der Waals surface area contributed by atoms with Crippen LogP contribution in [0.5, 0.6) is 0 Å². The Hall–Kier alpha value is -1.90. The van der Waals surface area contributed by atoms with Crippen LogP contribution in [0, 0.1) is 6.92 Å². The summed E-state index contributed by atoms with van der Waals surface area (Å²) in [5, 5.41) is 0. The third-order valence-corrected chi connectivity index (χ3v) is 2.93. The fourth-order valence-corrected chi connectivity index (χ4v) is 2.06. The summed E-state index contributed by atoms with van der Waals surface area (Å²) in [7, 11) is 0. The van der Waals surface area contributed by atoms with Gasteiger partial charge in [0.2, 0.25) is 0 Å². The van der Waals surface area contributed by atoms with E-state index in [1.54, 1.807) is 6.20 Å². The van der Waals surface area contributed by atoms with Gasteiger partial charge in [-0.3, -0.25) is 9.97 Å². The van der Waals surface area contributed by atoms with Crippen LogP contribution in [0.15, 0.2) is 54.7 Å². The Kier molecular flexibility index (Phi) is 4.72. The van der Waals surface area contributed by atoms with E-state index < -0.39 is 0 Å². The van der Waals surface area contributed by atoms with Crippen molar-refractivity contribution in [1.82, 2.24) is 15.0 Å². The topological polar surface area (TPSA) is 39.9 Å². The average molecular weight is 312 g/mol. The van der Waals surface area contributed by atoms with E-state index in [4.69, 9.17) is 0 Å². The van der Waals surface area contributed by atoms with E-state index in [9.17, 15) is 0 Å². The minimum atomic E-state index is 0. The molecule has 4 heteroatoms. The van der Waals surface area contributed by atoms with Crippen LogP contribution in [0.3, 0.4) is 0 Å². The second-order valence-corrected chi connectivity index (χ2v) is 4.48. The molecule has 3 heterocycles. The van der Waals surface area contributed by atoms with E-state index in [0.717, 1.165) is 34.9 Å². The van der Waals surface area contributed by atoms with E-state index in [1.807, 2.05) is 55.5 Å². The number of rotatable bonds is 3. The fourth-order valence-electron chi connectivity index (χ4n) is 2.06. The van der Waals surface area contributed by atoms with Crippen LogP contribution >= 0.6 is 0 Å². The van der Waals surface area contributed by atoms with Crippen LogP contribution in [-0.4, -0.2) is 9.97 Å². The molecule has 0 atom stereocenters. The third-order valence-electron chi connectivity index (χ3n) is 2.93. The van der Waals surface area contributed by atoms with Gasteiger partial charge in [0.1, 0.15) is 0 Å². The van der Waals surface area contributed by atoms with Gasteiger partial charge in [0.25, 0.3) is 0 Å². The molecule has 0 radical (unpaired) electrons. The Morgan fingerprint density at radius 1 is 0.900 bits per heavy atom.